The van der Waals surface area contributed by atoms with Gasteiger partial charge in [0.1, 0.15) is 10.3 Å². The zero-order chi connectivity index (χ0) is 19.9. The zero-order valence-electron chi connectivity index (χ0n) is 16.0. The molecule has 0 aliphatic carbocycles. The molecule has 0 fully saturated rings. The lowest BCUT2D eigenvalue weighted by molar-refractivity contribution is 0.0453. The van der Waals surface area contributed by atoms with Crippen LogP contribution in [0.4, 0.5) is 16.2 Å². The molecule has 1 amide bonds. The number of fused-ring (bicyclic) bond motifs is 2. The van der Waals surface area contributed by atoms with Crippen LogP contribution in [0.5, 0.6) is 0 Å². The highest BCUT2D eigenvalue weighted by Crippen LogP contribution is 2.54. The topological polar surface area (TPSA) is 74.2 Å². The Bertz CT molecular complexity index is 926. The van der Waals surface area contributed by atoms with Crippen molar-refractivity contribution >= 4 is 34.4 Å². The van der Waals surface area contributed by atoms with Gasteiger partial charge >= 0.3 is 6.09 Å². The molecule has 2 atom stereocenters. The Labute approximate surface area is 168 Å². The van der Waals surface area contributed by atoms with E-state index in [0.29, 0.717) is 17.4 Å². The van der Waals surface area contributed by atoms with Crippen LogP contribution in [0, 0.1) is 0 Å². The van der Waals surface area contributed by atoms with Gasteiger partial charge in [0, 0.05) is 5.69 Å². The fourth-order valence-corrected chi connectivity index (χ4v) is 4.71. The predicted octanol–water partition coefficient (Wildman–Crippen LogP) is 4.17. The summed E-state index contributed by atoms with van der Waals surface area (Å²) in [6, 6.07) is 17.3. The Hall–Kier alpha value is -2.51. The number of aliphatic hydroxyl groups excluding tert-OH is 1. The van der Waals surface area contributed by atoms with E-state index in [4.69, 9.17) is 4.74 Å². The fraction of sp³-hybridized carbons (Fsp3) is 0.333. The molecule has 0 aromatic heterocycles. The first-order valence-electron chi connectivity index (χ1n) is 9.15. The summed E-state index contributed by atoms with van der Waals surface area (Å²) in [7, 11) is 0. The van der Waals surface area contributed by atoms with Crippen molar-refractivity contribution in [2.45, 2.75) is 37.3 Å². The lowest BCUT2D eigenvalue weighted by Gasteiger charge is -2.31. The molecule has 0 unspecified atom stereocenters. The third-order valence-electron chi connectivity index (χ3n) is 4.63. The molecule has 0 saturated heterocycles. The largest absolute Gasteiger partial charge is 0.443 e. The molecule has 146 valence electrons. The van der Waals surface area contributed by atoms with Gasteiger partial charge < -0.3 is 15.2 Å². The van der Waals surface area contributed by atoms with Gasteiger partial charge in [0.2, 0.25) is 0 Å². The van der Waals surface area contributed by atoms with Crippen LogP contribution in [0.3, 0.4) is 0 Å². The van der Waals surface area contributed by atoms with Gasteiger partial charge in [-0.3, -0.25) is 4.99 Å². The van der Waals surface area contributed by atoms with E-state index in [1.165, 1.54) is 16.7 Å². The van der Waals surface area contributed by atoms with Gasteiger partial charge in [-0.25, -0.2) is 9.69 Å². The number of rotatable bonds is 1. The summed E-state index contributed by atoms with van der Waals surface area (Å²) < 4.78 is 4.78. The Balaban J connectivity index is 1.63. The van der Waals surface area contributed by atoms with Gasteiger partial charge in [-0.1, -0.05) is 48.2 Å². The summed E-state index contributed by atoms with van der Waals surface area (Å²) >= 11 is 1.44. The summed E-state index contributed by atoms with van der Waals surface area (Å²) in [6.45, 7) is 5.79. The molecule has 0 saturated carbocycles. The summed E-state index contributed by atoms with van der Waals surface area (Å²) in [5, 5.41) is 15.2. The van der Waals surface area contributed by atoms with E-state index in [2.05, 4.69) is 10.3 Å². The van der Waals surface area contributed by atoms with E-state index in [9.17, 15) is 9.90 Å². The molecule has 2 aromatic carbocycles. The Morgan fingerprint density at radius 1 is 1.21 bits per heavy atom. The van der Waals surface area contributed by atoms with E-state index >= 15 is 0 Å². The van der Waals surface area contributed by atoms with Crippen LogP contribution < -0.4 is 10.2 Å². The quantitative estimate of drug-likeness (QED) is 0.755. The van der Waals surface area contributed by atoms with Crippen molar-refractivity contribution in [1.29, 1.82) is 0 Å². The minimum absolute atomic E-state index is 0.365. The molecule has 2 N–H and O–H groups in total. The highest BCUT2D eigenvalue weighted by atomic mass is 32.2. The number of aliphatic imine (C=N–C) groups is 1. The van der Waals surface area contributed by atoms with E-state index in [1.54, 1.807) is 0 Å². The van der Waals surface area contributed by atoms with Crippen molar-refractivity contribution in [3.8, 4) is 0 Å². The van der Waals surface area contributed by atoms with Gasteiger partial charge in [-0.2, -0.15) is 0 Å². The number of nitrogens with zero attached hydrogens (tertiary/aromatic N) is 2. The Morgan fingerprint density at radius 3 is 2.61 bits per heavy atom. The summed E-state index contributed by atoms with van der Waals surface area (Å²) in [5.74, 6) is 0. The van der Waals surface area contributed by atoms with Crippen molar-refractivity contribution in [2.75, 3.05) is 16.8 Å². The number of thioether (sulfide) groups is 1. The van der Waals surface area contributed by atoms with E-state index in [-0.39, 0.29) is 0 Å². The number of amides is 1. The number of anilines is 2. The Kier molecular flexibility index (Phi) is 4.59. The van der Waals surface area contributed by atoms with Crippen LogP contribution in [0.2, 0.25) is 0 Å². The van der Waals surface area contributed by atoms with Crippen LogP contribution >= 0.6 is 11.8 Å². The number of amidine groups is 1. The zero-order valence-corrected chi connectivity index (χ0v) is 16.9. The van der Waals surface area contributed by atoms with E-state index in [1.807, 2.05) is 75.4 Å². The third kappa shape index (κ3) is 3.25. The number of benzene rings is 2. The standard InChI is InChI=1S/C21H23N3O3S/c1-20(2,3)27-19(26)24-16-12-8-7-11-15(16)21(17(24)25)13-22-18(28-21)23-14-9-5-4-6-10-14/h4-12,17,25H,13H2,1-3H3,(H,22,23)/t17-,21+/m1/s1. The first-order valence-corrected chi connectivity index (χ1v) is 9.97. The molecule has 4 rings (SSSR count). The molecule has 2 heterocycles. The molecular weight excluding hydrogens is 374 g/mol. The maximum absolute atomic E-state index is 12.8. The van der Waals surface area contributed by atoms with Crippen molar-refractivity contribution in [2.24, 2.45) is 4.99 Å². The molecule has 0 radical (unpaired) electrons. The van der Waals surface area contributed by atoms with Gasteiger partial charge in [0.25, 0.3) is 0 Å². The molecule has 6 nitrogen and oxygen atoms in total. The SMILES string of the molecule is CC(C)(C)OC(=O)N1c2ccccc2[C@@]2(CN=C(Nc3ccccc3)S2)[C@H]1O. The van der Waals surface area contributed by atoms with E-state index in [0.717, 1.165) is 11.3 Å². The lowest BCUT2D eigenvalue weighted by Crippen LogP contribution is -2.48. The first kappa shape index (κ1) is 18.8. The van der Waals surface area contributed by atoms with Gasteiger partial charge in [0.15, 0.2) is 11.4 Å². The Morgan fingerprint density at radius 2 is 1.89 bits per heavy atom. The molecule has 0 bridgehead atoms. The van der Waals surface area contributed by atoms with Gasteiger partial charge in [0.05, 0.1) is 12.2 Å². The molecule has 2 aliphatic rings. The first-order chi connectivity index (χ1) is 13.3. The van der Waals surface area contributed by atoms with Crippen molar-refractivity contribution in [3.63, 3.8) is 0 Å². The number of carbonyl (C=O) groups is 1. The van der Waals surface area contributed by atoms with Crippen LogP contribution in [-0.4, -0.2) is 34.7 Å². The number of hydrogen-bond donors (Lipinski definition) is 2. The maximum Gasteiger partial charge on any atom is 0.417 e. The number of carbonyl (C=O) groups excluding carboxylic acids is 1. The minimum atomic E-state index is -1.08. The normalized spacial score (nSPS) is 23.5. The van der Waals surface area contributed by atoms with Crippen molar-refractivity contribution < 1.29 is 14.6 Å². The van der Waals surface area contributed by atoms with Crippen molar-refractivity contribution in [3.05, 3.63) is 60.2 Å². The molecule has 2 aliphatic heterocycles. The monoisotopic (exact) mass is 397 g/mol. The molecule has 28 heavy (non-hydrogen) atoms. The fourth-order valence-electron chi connectivity index (χ4n) is 3.44. The summed E-state index contributed by atoms with van der Waals surface area (Å²) in [6.07, 6.45) is -1.64. The van der Waals surface area contributed by atoms with E-state index < -0.39 is 22.7 Å². The molecule has 1 spiro atoms. The van der Waals surface area contributed by atoms with Gasteiger partial charge in [-0.05, 0) is 44.5 Å². The lowest BCUT2D eigenvalue weighted by atomic mass is 9.99. The third-order valence-corrected chi connectivity index (χ3v) is 5.98. The second-order valence-electron chi connectivity index (χ2n) is 7.85. The second-order valence-corrected chi connectivity index (χ2v) is 9.16. The summed E-state index contributed by atoms with van der Waals surface area (Å²) in [5.41, 5.74) is 1.82. The smallest absolute Gasteiger partial charge is 0.417 e. The number of aliphatic hydroxyl groups is 1. The molecular formula is C21H23N3O3S. The molecule has 2 aromatic rings. The average Bonchev–Trinajstić information content (AvgIpc) is 3.16. The van der Waals surface area contributed by atoms with Crippen LogP contribution in [0.1, 0.15) is 26.3 Å². The average molecular weight is 398 g/mol. The molecule has 7 heteroatoms. The van der Waals surface area contributed by atoms with Crippen LogP contribution in [0.25, 0.3) is 0 Å². The van der Waals surface area contributed by atoms with Crippen LogP contribution in [-0.2, 0) is 9.48 Å². The second kappa shape index (κ2) is 6.83. The summed E-state index contributed by atoms with van der Waals surface area (Å²) in [4.78, 5) is 18.8. The van der Waals surface area contributed by atoms with Crippen molar-refractivity contribution in [1.82, 2.24) is 0 Å². The number of hydrogen-bond acceptors (Lipinski definition) is 6. The highest BCUT2D eigenvalue weighted by Gasteiger charge is 2.56. The highest BCUT2D eigenvalue weighted by molar-refractivity contribution is 8.15. The number of ether oxygens (including phenoxy) is 1. The maximum atomic E-state index is 12.8. The predicted molar refractivity (Wildman–Crippen MR) is 113 cm³/mol. The number of nitrogens with one attached hydrogen (secondary N) is 1. The van der Waals surface area contributed by atoms with Crippen LogP contribution in [0.15, 0.2) is 59.6 Å². The minimum Gasteiger partial charge on any atom is -0.443 e. The number of para-hydroxylation sites is 2. The van der Waals surface area contributed by atoms with Gasteiger partial charge in [-0.15, -0.1) is 0 Å².